The van der Waals surface area contributed by atoms with Crippen LogP contribution in [0, 0.1) is 0 Å². The molecule has 0 bridgehead atoms. The quantitative estimate of drug-likeness (QED) is 0.888. The summed E-state index contributed by atoms with van der Waals surface area (Å²) in [7, 11) is 0. The van der Waals surface area contributed by atoms with Gasteiger partial charge in [-0.1, -0.05) is 43.3 Å². The highest BCUT2D eigenvalue weighted by Gasteiger charge is 2.20. The van der Waals surface area contributed by atoms with Crippen molar-refractivity contribution >= 4 is 17.3 Å². The van der Waals surface area contributed by atoms with Gasteiger partial charge >= 0.3 is 0 Å². The van der Waals surface area contributed by atoms with Crippen LogP contribution in [0.4, 0.5) is 11.4 Å². The number of anilines is 2. The maximum absolute atomic E-state index is 12.7. The number of hydrogen-bond acceptors (Lipinski definition) is 2. The van der Waals surface area contributed by atoms with Crippen LogP contribution in [-0.4, -0.2) is 12.5 Å². The fourth-order valence-electron chi connectivity index (χ4n) is 3.10. The summed E-state index contributed by atoms with van der Waals surface area (Å²) >= 11 is 0. The van der Waals surface area contributed by atoms with E-state index in [4.69, 9.17) is 0 Å². The normalized spacial score (nSPS) is 14.6. The molecule has 1 aliphatic rings. The predicted octanol–water partition coefficient (Wildman–Crippen LogP) is 4.18. The van der Waals surface area contributed by atoms with Crippen molar-refractivity contribution in [3.8, 4) is 0 Å². The average molecular weight is 294 g/mol. The van der Waals surface area contributed by atoms with E-state index in [9.17, 15) is 4.79 Å². The van der Waals surface area contributed by atoms with Gasteiger partial charge in [0.15, 0.2) is 0 Å². The molecule has 3 nitrogen and oxygen atoms in total. The molecule has 3 heteroatoms. The van der Waals surface area contributed by atoms with Crippen molar-refractivity contribution in [1.82, 2.24) is 0 Å². The van der Waals surface area contributed by atoms with E-state index in [-0.39, 0.29) is 11.8 Å². The summed E-state index contributed by atoms with van der Waals surface area (Å²) in [5.74, 6) is -0.0266. The minimum atomic E-state index is -0.103. The molecule has 0 fully saturated rings. The lowest BCUT2D eigenvalue weighted by molar-refractivity contribution is -0.117. The van der Waals surface area contributed by atoms with E-state index in [1.807, 2.05) is 42.5 Å². The maximum atomic E-state index is 12.7. The highest BCUT2D eigenvalue weighted by atomic mass is 16.1. The lowest BCUT2D eigenvalue weighted by atomic mass is 9.95. The molecule has 0 saturated heterocycles. The molecular weight excluding hydrogens is 272 g/mol. The fraction of sp³-hybridized carbons (Fsp3) is 0.316. The van der Waals surface area contributed by atoms with Crippen molar-refractivity contribution in [2.45, 2.75) is 32.1 Å². The van der Waals surface area contributed by atoms with Crippen molar-refractivity contribution < 1.29 is 4.79 Å². The molecule has 1 amide bonds. The first kappa shape index (κ1) is 14.6. The third kappa shape index (κ3) is 2.98. The number of nitrogens with one attached hydrogen (secondary N) is 2. The van der Waals surface area contributed by atoms with Crippen LogP contribution in [0.15, 0.2) is 48.5 Å². The van der Waals surface area contributed by atoms with Crippen molar-refractivity contribution in [2.75, 3.05) is 17.2 Å². The van der Waals surface area contributed by atoms with Crippen molar-refractivity contribution in [3.63, 3.8) is 0 Å². The molecule has 114 valence electrons. The first-order valence-corrected chi connectivity index (χ1v) is 8.01. The molecule has 1 atom stereocenters. The molecule has 22 heavy (non-hydrogen) atoms. The third-order valence-corrected chi connectivity index (χ3v) is 4.28. The van der Waals surface area contributed by atoms with Gasteiger partial charge < -0.3 is 10.6 Å². The number of benzene rings is 2. The van der Waals surface area contributed by atoms with Gasteiger partial charge in [0.05, 0.1) is 5.92 Å². The van der Waals surface area contributed by atoms with E-state index in [1.54, 1.807) is 0 Å². The van der Waals surface area contributed by atoms with Gasteiger partial charge in [-0.25, -0.2) is 0 Å². The monoisotopic (exact) mass is 294 g/mol. The van der Waals surface area contributed by atoms with Crippen LogP contribution in [0.2, 0.25) is 0 Å². The van der Waals surface area contributed by atoms with Gasteiger partial charge in [-0.2, -0.15) is 0 Å². The van der Waals surface area contributed by atoms with Crippen LogP contribution in [-0.2, 0) is 11.2 Å². The zero-order valence-electron chi connectivity index (χ0n) is 12.9. The molecule has 2 aromatic rings. The highest BCUT2D eigenvalue weighted by molar-refractivity contribution is 5.97. The zero-order chi connectivity index (χ0) is 15.4. The van der Waals surface area contributed by atoms with Crippen molar-refractivity contribution in [2.24, 2.45) is 0 Å². The number of carbonyl (C=O) groups excluding carboxylic acids is 1. The van der Waals surface area contributed by atoms with Crippen LogP contribution in [0.25, 0.3) is 0 Å². The Hall–Kier alpha value is -2.29. The average Bonchev–Trinajstić information content (AvgIpc) is 2.57. The lowest BCUT2D eigenvalue weighted by Gasteiger charge is -2.22. The van der Waals surface area contributed by atoms with Gasteiger partial charge in [0.25, 0.3) is 0 Å². The van der Waals surface area contributed by atoms with E-state index >= 15 is 0 Å². The van der Waals surface area contributed by atoms with Gasteiger partial charge in [-0.05, 0) is 42.5 Å². The number of hydrogen-bond donors (Lipinski definition) is 2. The molecule has 0 spiro atoms. The Morgan fingerprint density at radius 2 is 2.00 bits per heavy atom. The standard InChI is InChI=1S/C19H22N2O/c1-2-15(14-8-4-3-5-9-14)19(22)21-18-12-6-11-17-16(18)10-7-13-20-17/h3-6,8-9,11-12,15,20H,2,7,10,13H2,1H3,(H,21,22). The Kier molecular flexibility index (Phi) is 4.42. The Morgan fingerprint density at radius 3 is 2.77 bits per heavy atom. The summed E-state index contributed by atoms with van der Waals surface area (Å²) in [5, 5.41) is 6.54. The maximum Gasteiger partial charge on any atom is 0.231 e. The molecular formula is C19H22N2O. The molecule has 3 rings (SSSR count). The van der Waals surface area contributed by atoms with Crippen molar-refractivity contribution in [3.05, 3.63) is 59.7 Å². The second-order valence-corrected chi connectivity index (χ2v) is 5.72. The summed E-state index contributed by atoms with van der Waals surface area (Å²) in [5.41, 5.74) is 4.40. The molecule has 1 unspecified atom stereocenters. The number of amides is 1. The predicted molar refractivity (Wildman–Crippen MR) is 91.4 cm³/mol. The van der Waals surface area contributed by atoms with Crippen LogP contribution < -0.4 is 10.6 Å². The van der Waals surface area contributed by atoms with E-state index < -0.39 is 0 Å². The molecule has 2 aromatic carbocycles. The number of rotatable bonds is 4. The smallest absolute Gasteiger partial charge is 0.231 e. The van der Waals surface area contributed by atoms with E-state index in [1.165, 1.54) is 5.56 Å². The lowest BCUT2D eigenvalue weighted by Crippen LogP contribution is -2.22. The summed E-state index contributed by atoms with van der Waals surface area (Å²) in [4.78, 5) is 12.7. The van der Waals surface area contributed by atoms with Gasteiger partial charge in [0.1, 0.15) is 0 Å². The summed E-state index contributed by atoms with van der Waals surface area (Å²) in [6, 6.07) is 16.1. The molecule has 0 radical (unpaired) electrons. The largest absolute Gasteiger partial charge is 0.385 e. The number of fused-ring (bicyclic) bond motifs is 1. The third-order valence-electron chi connectivity index (χ3n) is 4.28. The minimum absolute atomic E-state index is 0.0765. The van der Waals surface area contributed by atoms with Gasteiger partial charge in [-0.15, -0.1) is 0 Å². The van der Waals surface area contributed by atoms with E-state index in [0.29, 0.717) is 0 Å². The van der Waals surface area contributed by atoms with Crippen molar-refractivity contribution in [1.29, 1.82) is 0 Å². The Bertz CT molecular complexity index is 652. The van der Waals surface area contributed by atoms with Gasteiger partial charge in [0.2, 0.25) is 5.91 Å². The molecule has 2 N–H and O–H groups in total. The second-order valence-electron chi connectivity index (χ2n) is 5.72. The van der Waals surface area contributed by atoms with E-state index in [0.717, 1.165) is 42.7 Å². The second kappa shape index (κ2) is 6.65. The Balaban J connectivity index is 1.82. The van der Waals surface area contributed by atoms with Crippen LogP contribution in [0.3, 0.4) is 0 Å². The molecule has 1 heterocycles. The van der Waals surface area contributed by atoms with Crippen LogP contribution >= 0.6 is 0 Å². The summed E-state index contributed by atoms with van der Waals surface area (Å²) < 4.78 is 0. The van der Waals surface area contributed by atoms with Crippen LogP contribution in [0.1, 0.15) is 36.8 Å². The van der Waals surface area contributed by atoms with Crippen LogP contribution in [0.5, 0.6) is 0 Å². The van der Waals surface area contributed by atoms with Gasteiger partial charge in [-0.3, -0.25) is 4.79 Å². The number of carbonyl (C=O) groups is 1. The van der Waals surface area contributed by atoms with E-state index in [2.05, 4.69) is 23.6 Å². The first-order valence-electron chi connectivity index (χ1n) is 8.01. The zero-order valence-corrected chi connectivity index (χ0v) is 12.9. The minimum Gasteiger partial charge on any atom is -0.385 e. The molecule has 0 aromatic heterocycles. The SMILES string of the molecule is CCC(C(=O)Nc1cccc2c1CCCN2)c1ccccc1. The Morgan fingerprint density at radius 1 is 1.18 bits per heavy atom. The summed E-state index contributed by atoms with van der Waals surface area (Å²) in [6.45, 7) is 3.06. The Labute approximate surface area is 131 Å². The summed E-state index contributed by atoms with van der Waals surface area (Å²) in [6.07, 6.45) is 2.92. The highest BCUT2D eigenvalue weighted by Crippen LogP contribution is 2.30. The molecule has 0 saturated carbocycles. The fourth-order valence-corrected chi connectivity index (χ4v) is 3.10. The molecule has 1 aliphatic heterocycles. The first-order chi connectivity index (χ1) is 10.8. The molecule has 0 aliphatic carbocycles. The van der Waals surface area contributed by atoms with Gasteiger partial charge in [0, 0.05) is 17.9 Å². The topological polar surface area (TPSA) is 41.1 Å².